The van der Waals surface area contributed by atoms with Crippen molar-refractivity contribution in [3.05, 3.63) is 88.6 Å². The lowest BCUT2D eigenvalue weighted by Gasteiger charge is -2.19. The van der Waals surface area contributed by atoms with Gasteiger partial charge in [-0.05, 0) is 53.1 Å². The van der Waals surface area contributed by atoms with Crippen LogP contribution >= 0.6 is 11.6 Å². The first-order valence-electron chi connectivity index (χ1n) is 9.13. The first-order valence-corrected chi connectivity index (χ1v) is 9.50. The molecule has 1 heterocycles. The Morgan fingerprint density at radius 3 is 2.43 bits per heavy atom. The lowest BCUT2D eigenvalue weighted by Crippen LogP contribution is -2.37. The minimum Gasteiger partial charge on any atom is -0.504 e. The van der Waals surface area contributed by atoms with E-state index in [1.807, 2.05) is 24.3 Å². The molecule has 0 saturated carbocycles. The summed E-state index contributed by atoms with van der Waals surface area (Å²) in [6.07, 6.45) is 1.53. The highest BCUT2D eigenvalue weighted by Crippen LogP contribution is 2.30. The van der Waals surface area contributed by atoms with Gasteiger partial charge in [0.25, 0.3) is 11.8 Å². The van der Waals surface area contributed by atoms with Gasteiger partial charge in [0.05, 0.1) is 5.57 Å². The number of fused-ring (bicyclic) bond motifs is 1. The Bertz CT molecular complexity index is 1200. The molecular weight excluding hydrogens is 404 g/mol. The molecule has 4 rings (SSSR count). The van der Waals surface area contributed by atoms with Crippen LogP contribution in [0.4, 0.5) is 0 Å². The minimum absolute atomic E-state index is 0.204. The van der Waals surface area contributed by atoms with Crippen LogP contribution in [0.3, 0.4) is 0 Å². The van der Waals surface area contributed by atoms with Crippen LogP contribution in [0.1, 0.15) is 21.5 Å². The third-order valence-electron chi connectivity index (χ3n) is 4.78. The Balaban J connectivity index is 1.67. The van der Waals surface area contributed by atoms with Gasteiger partial charge in [-0.1, -0.05) is 35.9 Å². The average Bonchev–Trinajstić information content (AvgIpc) is 2.72. The van der Waals surface area contributed by atoms with Crippen LogP contribution in [0, 0.1) is 0 Å². The highest BCUT2D eigenvalue weighted by atomic mass is 35.5. The summed E-state index contributed by atoms with van der Waals surface area (Å²) in [5.74, 6) is -1.38. The zero-order valence-electron chi connectivity index (χ0n) is 15.6. The highest BCUT2D eigenvalue weighted by Gasteiger charge is 2.27. The number of carbonyl (C=O) groups is 2. The summed E-state index contributed by atoms with van der Waals surface area (Å²) < 4.78 is 0. The monoisotopic (exact) mass is 420 g/mol. The van der Waals surface area contributed by atoms with Gasteiger partial charge in [-0.2, -0.15) is 0 Å². The molecule has 0 atom stereocenters. The smallest absolute Gasteiger partial charge is 0.260 e. The van der Waals surface area contributed by atoms with Crippen LogP contribution in [0.5, 0.6) is 11.5 Å². The fourth-order valence-electron chi connectivity index (χ4n) is 3.27. The topological polar surface area (TPSA) is 98.7 Å². The minimum atomic E-state index is -0.503. The second-order valence-corrected chi connectivity index (χ2v) is 7.25. The van der Waals surface area contributed by atoms with Crippen LogP contribution in [0.25, 0.3) is 16.7 Å². The highest BCUT2D eigenvalue weighted by molar-refractivity contribution is 6.31. The lowest BCUT2D eigenvalue weighted by atomic mass is 9.91. The van der Waals surface area contributed by atoms with E-state index in [0.29, 0.717) is 33.8 Å². The van der Waals surface area contributed by atoms with Gasteiger partial charge in [-0.15, -0.1) is 0 Å². The number of rotatable bonds is 4. The third kappa shape index (κ3) is 3.86. The summed E-state index contributed by atoms with van der Waals surface area (Å²) in [5, 5.41) is 25.0. The summed E-state index contributed by atoms with van der Waals surface area (Å²) in [6, 6.07) is 17.1. The van der Waals surface area contributed by atoms with Crippen molar-refractivity contribution in [1.82, 2.24) is 10.6 Å². The van der Waals surface area contributed by atoms with E-state index >= 15 is 0 Å². The number of nitrogens with one attached hydrogen (secondary N) is 2. The van der Waals surface area contributed by atoms with Gasteiger partial charge in [0.15, 0.2) is 11.5 Å². The van der Waals surface area contributed by atoms with Crippen LogP contribution in [0.2, 0.25) is 5.02 Å². The van der Waals surface area contributed by atoms with Crippen LogP contribution in [-0.4, -0.2) is 22.0 Å². The molecule has 0 unspecified atom stereocenters. The second kappa shape index (κ2) is 7.93. The molecule has 3 aromatic rings. The Morgan fingerprint density at radius 2 is 1.67 bits per heavy atom. The summed E-state index contributed by atoms with van der Waals surface area (Å²) in [4.78, 5) is 24.7. The number of amides is 2. The summed E-state index contributed by atoms with van der Waals surface area (Å²) in [7, 11) is 0. The summed E-state index contributed by atoms with van der Waals surface area (Å²) >= 11 is 6.09. The molecule has 0 aliphatic carbocycles. The number of halogens is 1. The van der Waals surface area contributed by atoms with E-state index in [1.165, 1.54) is 18.3 Å². The molecule has 2 amide bonds. The maximum absolute atomic E-state index is 12.5. The van der Waals surface area contributed by atoms with Gasteiger partial charge in [-0.25, -0.2) is 0 Å². The lowest BCUT2D eigenvalue weighted by molar-refractivity contribution is -0.114. The molecule has 1 aliphatic rings. The number of phenols is 2. The van der Waals surface area contributed by atoms with E-state index in [0.717, 1.165) is 11.1 Å². The Kier molecular flexibility index (Phi) is 5.16. The van der Waals surface area contributed by atoms with Crippen molar-refractivity contribution in [2.45, 2.75) is 6.54 Å². The normalized spacial score (nSPS) is 14.4. The van der Waals surface area contributed by atoms with Gasteiger partial charge in [0.1, 0.15) is 0 Å². The number of hydrogen-bond acceptors (Lipinski definition) is 5. The zero-order valence-corrected chi connectivity index (χ0v) is 16.4. The Labute approximate surface area is 177 Å². The summed E-state index contributed by atoms with van der Waals surface area (Å²) in [5.41, 5.74) is 3.64. The van der Waals surface area contributed by atoms with E-state index < -0.39 is 11.8 Å². The molecule has 4 N–H and O–H groups in total. The number of phenolic OH excluding ortho intramolecular Hbond substituents is 2. The van der Waals surface area contributed by atoms with Gasteiger partial charge in [0.2, 0.25) is 0 Å². The van der Waals surface area contributed by atoms with Gasteiger partial charge >= 0.3 is 0 Å². The molecule has 1 aliphatic heterocycles. The Morgan fingerprint density at radius 1 is 0.867 bits per heavy atom. The molecular formula is C23H17ClN2O4. The first kappa shape index (κ1) is 19.5. The standard InChI is InChI=1S/C23H17ClN2O4/c24-16-3-1-2-14(9-16)15-5-6-17-18(10-15)19(23(30)26-22(17)29)12-25-11-13-4-7-20(27)21(28)8-13/h1-10,12,25,27-28H,11H2,(H,26,29,30)/b19-12+. The average molecular weight is 421 g/mol. The van der Waals surface area contributed by atoms with Crippen molar-refractivity contribution >= 4 is 29.0 Å². The van der Waals surface area contributed by atoms with Crippen molar-refractivity contribution in [2.75, 3.05) is 0 Å². The maximum Gasteiger partial charge on any atom is 0.260 e. The van der Waals surface area contributed by atoms with Crippen LogP contribution in [0.15, 0.2) is 66.9 Å². The second-order valence-electron chi connectivity index (χ2n) is 6.82. The van der Waals surface area contributed by atoms with E-state index in [2.05, 4.69) is 10.6 Å². The number of carbonyl (C=O) groups excluding carboxylic acids is 2. The van der Waals surface area contributed by atoms with Crippen molar-refractivity contribution in [2.24, 2.45) is 0 Å². The largest absolute Gasteiger partial charge is 0.504 e. The van der Waals surface area contributed by atoms with E-state index in [1.54, 1.807) is 24.3 Å². The summed E-state index contributed by atoms with van der Waals surface area (Å²) in [6.45, 7) is 0.307. The number of imide groups is 1. The fourth-order valence-corrected chi connectivity index (χ4v) is 3.46. The van der Waals surface area contributed by atoms with Crippen LogP contribution in [-0.2, 0) is 11.3 Å². The number of hydrogen-bond donors (Lipinski definition) is 4. The fraction of sp³-hybridized carbons (Fsp3) is 0.0435. The molecule has 7 heteroatoms. The van der Waals surface area contributed by atoms with Crippen molar-refractivity contribution in [3.63, 3.8) is 0 Å². The number of aromatic hydroxyl groups is 2. The molecule has 150 valence electrons. The molecule has 0 bridgehead atoms. The molecule has 3 aromatic carbocycles. The molecule has 0 spiro atoms. The Hall–Kier alpha value is -3.77. The maximum atomic E-state index is 12.5. The van der Waals surface area contributed by atoms with Crippen molar-refractivity contribution < 1.29 is 19.8 Å². The third-order valence-corrected chi connectivity index (χ3v) is 5.01. The first-order chi connectivity index (χ1) is 14.4. The van der Waals surface area contributed by atoms with E-state index in [9.17, 15) is 19.8 Å². The van der Waals surface area contributed by atoms with Gasteiger partial charge < -0.3 is 15.5 Å². The van der Waals surface area contributed by atoms with Gasteiger partial charge in [0, 0.05) is 28.9 Å². The van der Waals surface area contributed by atoms with Crippen molar-refractivity contribution in [1.29, 1.82) is 0 Å². The van der Waals surface area contributed by atoms with Gasteiger partial charge in [-0.3, -0.25) is 14.9 Å². The quantitative estimate of drug-likeness (QED) is 0.292. The zero-order chi connectivity index (χ0) is 21.3. The predicted octanol–water partition coefficient (Wildman–Crippen LogP) is 3.82. The predicted molar refractivity (Wildman–Crippen MR) is 114 cm³/mol. The molecule has 0 saturated heterocycles. The van der Waals surface area contributed by atoms with E-state index in [-0.39, 0.29) is 11.5 Å². The SMILES string of the molecule is O=C1NC(=O)c2ccc(-c3cccc(Cl)c3)cc2/C1=C\NCc1ccc(O)c(O)c1. The molecule has 30 heavy (non-hydrogen) atoms. The molecule has 0 fully saturated rings. The van der Waals surface area contributed by atoms with Crippen molar-refractivity contribution in [3.8, 4) is 22.6 Å². The number of benzene rings is 3. The molecule has 0 radical (unpaired) electrons. The van der Waals surface area contributed by atoms with Crippen LogP contribution < -0.4 is 10.6 Å². The molecule has 6 nitrogen and oxygen atoms in total. The van der Waals surface area contributed by atoms with E-state index in [4.69, 9.17) is 11.6 Å². The molecule has 0 aromatic heterocycles.